The summed E-state index contributed by atoms with van der Waals surface area (Å²) in [7, 11) is 0. The summed E-state index contributed by atoms with van der Waals surface area (Å²) in [6.07, 6.45) is 1.71. The number of ether oxygens (including phenoxy) is 1. The summed E-state index contributed by atoms with van der Waals surface area (Å²) in [5.74, 6) is 1.29. The third-order valence-corrected chi connectivity index (χ3v) is 2.81. The molecule has 0 bridgehead atoms. The highest BCUT2D eigenvalue weighted by Crippen LogP contribution is 2.16. The second-order valence-electron chi connectivity index (χ2n) is 3.86. The van der Waals surface area contributed by atoms with Gasteiger partial charge in [0.1, 0.15) is 5.76 Å². The highest BCUT2D eigenvalue weighted by molar-refractivity contribution is 5.06. The average molecular weight is 210 g/mol. The summed E-state index contributed by atoms with van der Waals surface area (Å²) in [5, 5.41) is 0. The van der Waals surface area contributed by atoms with E-state index in [9.17, 15) is 0 Å². The van der Waals surface area contributed by atoms with Crippen molar-refractivity contribution in [3.05, 3.63) is 24.2 Å². The van der Waals surface area contributed by atoms with E-state index in [0.717, 1.165) is 38.6 Å². The van der Waals surface area contributed by atoms with Gasteiger partial charge in [-0.15, -0.1) is 0 Å². The molecule has 4 nitrogen and oxygen atoms in total. The predicted octanol–water partition coefficient (Wildman–Crippen LogP) is 0.654. The fourth-order valence-electron chi connectivity index (χ4n) is 1.90. The van der Waals surface area contributed by atoms with Crippen LogP contribution in [-0.2, 0) is 4.74 Å². The van der Waals surface area contributed by atoms with Crippen LogP contribution < -0.4 is 5.73 Å². The Kier molecular flexibility index (Phi) is 3.77. The van der Waals surface area contributed by atoms with Gasteiger partial charge >= 0.3 is 0 Å². The number of hydrogen-bond donors (Lipinski definition) is 1. The van der Waals surface area contributed by atoms with Crippen molar-refractivity contribution in [3.8, 4) is 0 Å². The van der Waals surface area contributed by atoms with Crippen LogP contribution in [0.25, 0.3) is 0 Å². The third kappa shape index (κ3) is 2.81. The van der Waals surface area contributed by atoms with Gasteiger partial charge in [-0.25, -0.2) is 0 Å². The molecule has 1 aliphatic rings. The molecule has 0 saturated carbocycles. The Labute approximate surface area is 90.0 Å². The summed E-state index contributed by atoms with van der Waals surface area (Å²) in [5.41, 5.74) is 5.76. The number of furan rings is 1. The first kappa shape index (κ1) is 10.7. The van der Waals surface area contributed by atoms with E-state index in [-0.39, 0.29) is 0 Å². The highest BCUT2D eigenvalue weighted by atomic mass is 16.5. The van der Waals surface area contributed by atoms with E-state index in [1.54, 1.807) is 6.26 Å². The second-order valence-corrected chi connectivity index (χ2v) is 3.86. The molecule has 1 aliphatic heterocycles. The molecule has 0 radical (unpaired) electrons. The molecule has 0 spiro atoms. The van der Waals surface area contributed by atoms with Crippen LogP contribution in [0.15, 0.2) is 22.8 Å². The van der Waals surface area contributed by atoms with Gasteiger partial charge in [-0.3, -0.25) is 4.90 Å². The monoisotopic (exact) mass is 210 g/mol. The molecule has 4 heteroatoms. The Morgan fingerprint density at radius 1 is 1.40 bits per heavy atom. The predicted molar refractivity (Wildman–Crippen MR) is 57.8 cm³/mol. The Hall–Kier alpha value is -0.840. The van der Waals surface area contributed by atoms with E-state index in [1.165, 1.54) is 0 Å². The van der Waals surface area contributed by atoms with Crippen molar-refractivity contribution in [2.75, 3.05) is 39.4 Å². The lowest BCUT2D eigenvalue weighted by molar-refractivity contribution is 0.0344. The molecule has 15 heavy (non-hydrogen) atoms. The summed E-state index contributed by atoms with van der Waals surface area (Å²) in [6, 6.07) is 3.91. The summed E-state index contributed by atoms with van der Waals surface area (Å²) < 4.78 is 10.7. The molecule has 1 aromatic heterocycles. The van der Waals surface area contributed by atoms with Crippen molar-refractivity contribution >= 4 is 0 Å². The van der Waals surface area contributed by atoms with Crippen LogP contribution in [-0.4, -0.2) is 44.3 Å². The maximum atomic E-state index is 5.76. The molecule has 1 atom stereocenters. The molecule has 0 aromatic carbocycles. The van der Waals surface area contributed by atoms with Crippen molar-refractivity contribution in [1.82, 2.24) is 4.90 Å². The van der Waals surface area contributed by atoms with E-state index < -0.39 is 0 Å². The van der Waals surface area contributed by atoms with Crippen LogP contribution >= 0.6 is 0 Å². The number of nitrogens with zero attached hydrogens (tertiary/aromatic N) is 1. The molecule has 2 rings (SSSR count). The zero-order chi connectivity index (χ0) is 10.5. The minimum Gasteiger partial charge on any atom is -0.469 e. The van der Waals surface area contributed by atoms with Crippen molar-refractivity contribution < 1.29 is 9.15 Å². The minimum atomic E-state index is 0.304. The van der Waals surface area contributed by atoms with Crippen LogP contribution in [0, 0.1) is 0 Å². The van der Waals surface area contributed by atoms with Crippen LogP contribution in [0.1, 0.15) is 11.7 Å². The van der Waals surface area contributed by atoms with Crippen molar-refractivity contribution in [3.63, 3.8) is 0 Å². The van der Waals surface area contributed by atoms with Crippen LogP contribution in [0.5, 0.6) is 0 Å². The summed E-state index contributed by atoms with van der Waals surface area (Å²) in [6.45, 7) is 5.25. The maximum Gasteiger partial charge on any atom is 0.109 e. The van der Waals surface area contributed by atoms with Crippen molar-refractivity contribution in [1.29, 1.82) is 0 Å². The van der Waals surface area contributed by atoms with Gasteiger partial charge in [0.15, 0.2) is 0 Å². The lowest BCUT2D eigenvalue weighted by Crippen LogP contribution is -2.40. The van der Waals surface area contributed by atoms with E-state index in [1.807, 2.05) is 12.1 Å². The second kappa shape index (κ2) is 5.30. The van der Waals surface area contributed by atoms with Crippen molar-refractivity contribution in [2.24, 2.45) is 5.73 Å². The van der Waals surface area contributed by atoms with Gasteiger partial charge in [0, 0.05) is 32.1 Å². The molecular weight excluding hydrogens is 192 g/mol. The lowest BCUT2D eigenvalue weighted by atomic mass is 10.1. The number of hydrogen-bond acceptors (Lipinski definition) is 4. The van der Waals surface area contributed by atoms with E-state index in [4.69, 9.17) is 14.9 Å². The first-order valence-corrected chi connectivity index (χ1v) is 5.43. The van der Waals surface area contributed by atoms with Gasteiger partial charge in [0.25, 0.3) is 0 Å². The molecule has 2 N–H and O–H groups in total. The fourth-order valence-corrected chi connectivity index (χ4v) is 1.90. The number of nitrogens with two attached hydrogens (primary N) is 1. The minimum absolute atomic E-state index is 0.304. The topological polar surface area (TPSA) is 51.6 Å². The molecule has 1 fully saturated rings. The first-order chi connectivity index (χ1) is 7.40. The Bertz CT molecular complexity index is 268. The van der Waals surface area contributed by atoms with Gasteiger partial charge in [0.2, 0.25) is 0 Å². The Morgan fingerprint density at radius 2 is 2.20 bits per heavy atom. The quantitative estimate of drug-likeness (QED) is 0.793. The number of morpholine rings is 1. The van der Waals surface area contributed by atoms with E-state index in [2.05, 4.69) is 4.90 Å². The standard InChI is InChI=1S/C11H18N2O2/c12-8-10(11-2-1-5-15-11)9-13-3-6-14-7-4-13/h1-2,5,10H,3-4,6-9,12H2. The lowest BCUT2D eigenvalue weighted by Gasteiger charge is -2.29. The van der Waals surface area contributed by atoms with Gasteiger partial charge < -0.3 is 14.9 Å². The first-order valence-electron chi connectivity index (χ1n) is 5.43. The fraction of sp³-hybridized carbons (Fsp3) is 0.636. The molecule has 1 saturated heterocycles. The smallest absolute Gasteiger partial charge is 0.109 e. The molecule has 0 amide bonds. The largest absolute Gasteiger partial charge is 0.469 e. The Balaban J connectivity index is 1.90. The molecular formula is C11H18N2O2. The zero-order valence-electron chi connectivity index (χ0n) is 8.89. The maximum absolute atomic E-state index is 5.76. The van der Waals surface area contributed by atoms with E-state index in [0.29, 0.717) is 12.5 Å². The SMILES string of the molecule is NCC(CN1CCOCC1)c1ccco1. The average Bonchev–Trinajstić information content (AvgIpc) is 2.81. The van der Waals surface area contributed by atoms with Gasteiger partial charge in [-0.05, 0) is 12.1 Å². The number of rotatable bonds is 4. The molecule has 84 valence electrons. The van der Waals surface area contributed by atoms with Crippen LogP contribution in [0.4, 0.5) is 0 Å². The van der Waals surface area contributed by atoms with Gasteiger partial charge in [-0.1, -0.05) is 0 Å². The summed E-state index contributed by atoms with van der Waals surface area (Å²) in [4.78, 5) is 2.38. The van der Waals surface area contributed by atoms with Gasteiger partial charge in [-0.2, -0.15) is 0 Å². The van der Waals surface area contributed by atoms with Crippen LogP contribution in [0.2, 0.25) is 0 Å². The van der Waals surface area contributed by atoms with Crippen molar-refractivity contribution in [2.45, 2.75) is 5.92 Å². The zero-order valence-corrected chi connectivity index (χ0v) is 8.89. The van der Waals surface area contributed by atoms with Gasteiger partial charge in [0.05, 0.1) is 19.5 Å². The van der Waals surface area contributed by atoms with Crippen LogP contribution in [0.3, 0.4) is 0 Å². The summed E-state index contributed by atoms with van der Waals surface area (Å²) >= 11 is 0. The molecule has 1 unspecified atom stereocenters. The molecule has 0 aliphatic carbocycles. The highest BCUT2D eigenvalue weighted by Gasteiger charge is 2.18. The van der Waals surface area contributed by atoms with E-state index >= 15 is 0 Å². The Morgan fingerprint density at radius 3 is 2.80 bits per heavy atom. The molecule has 2 heterocycles. The molecule has 1 aromatic rings. The normalized spacial score (nSPS) is 20.3. The third-order valence-electron chi connectivity index (χ3n) is 2.81.